The lowest BCUT2D eigenvalue weighted by molar-refractivity contribution is 0.375. The lowest BCUT2D eigenvalue weighted by Crippen LogP contribution is -2.31. The summed E-state index contributed by atoms with van der Waals surface area (Å²) in [5.41, 5.74) is 4.37. The van der Waals surface area contributed by atoms with E-state index in [9.17, 15) is 0 Å². The van der Waals surface area contributed by atoms with Crippen LogP contribution in [0.15, 0.2) is 24.4 Å². The van der Waals surface area contributed by atoms with Gasteiger partial charge in [-0.15, -0.1) is 5.10 Å². The van der Waals surface area contributed by atoms with Gasteiger partial charge in [-0.25, -0.2) is 5.43 Å². The van der Waals surface area contributed by atoms with Crippen LogP contribution in [0, 0.1) is 0 Å². The maximum atomic E-state index is 5.68. The molecule has 3 N–H and O–H groups in total. The van der Waals surface area contributed by atoms with Crippen LogP contribution in [0.5, 0.6) is 11.5 Å². The van der Waals surface area contributed by atoms with E-state index in [1.54, 1.807) is 32.1 Å². The van der Waals surface area contributed by atoms with Crippen LogP contribution in [0.2, 0.25) is 0 Å². The van der Waals surface area contributed by atoms with Crippen molar-refractivity contribution in [1.29, 1.82) is 0 Å². The van der Waals surface area contributed by atoms with Gasteiger partial charge in [-0.05, 0) is 12.1 Å². The van der Waals surface area contributed by atoms with Crippen LogP contribution in [0.4, 0.5) is 0 Å². The van der Waals surface area contributed by atoms with Gasteiger partial charge in [-0.2, -0.15) is 0 Å². The zero-order valence-electron chi connectivity index (χ0n) is 11.1. The van der Waals surface area contributed by atoms with Crippen LogP contribution in [0.25, 0.3) is 0 Å². The molecule has 0 aliphatic rings. The minimum Gasteiger partial charge on any atom is -0.496 e. The first-order valence-electron chi connectivity index (χ1n) is 5.74. The number of benzene rings is 1. The zero-order valence-corrected chi connectivity index (χ0v) is 11.1. The lowest BCUT2D eigenvalue weighted by atomic mass is 10.0. The largest absolute Gasteiger partial charge is 0.496 e. The number of aromatic nitrogens is 3. The summed E-state index contributed by atoms with van der Waals surface area (Å²) in [6.07, 6.45) is 1.65. The first-order valence-corrected chi connectivity index (χ1v) is 5.74. The van der Waals surface area contributed by atoms with Crippen LogP contribution in [0.3, 0.4) is 0 Å². The van der Waals surface area contributed by atoms with E-state index in [4.69, 9.17) is 15.3 Å². The molecule has 0 fully saturated rings. The fraction of sp³-hybridized carbons (Fsp3) is 0.333. The number of hydrazine groups is 1. The highest BCUT2D eigenvalue weighted by Gasteiger charge is 2.24. The van der Waals surface area contributed by atoms with Crippen molar-refractivity contribution in [3.63, 3.8) is 0 Å². The number of rotatable bonds is 5. The zero-order chi connectivity index (χ0) is 13.8. The average molecular weight is 263 g/mol. The third kappa shape index (κ3) is 2.38. The van der Waals surface area contributed by atoms with E-state index in [0.29, 0.717) is 11.5 Å². The molecule has 0 aliphatic heterocycles. The molecule has 2 rings (SSSR count). The second-order valence-corrected chi connectivity index (χ2v) is 3.96. The summed E-state index contributed by atoms with van der Waals surface area (Å²) in [5.74, 6) is 7.05. The topological polar surface area (TPSA) is 87.2 Å². The van der Waals surface area contributed by atoms with Crippen LogP contribution < -0.4 is 20.7 Å². The Hall–Kier alpha value is -2.12. The Kier molecular flexibility index (Phi) is 3.98. The van der Waals surface area contributed by atoms with Gasteiger partial charge in [0.05, 0.1) is 37.7 Å². The average Bonchev–Trinajstić information content (AvgIpc) is 2.86. The molecule has 7 heteroatoms. The molecular weight excluding hydrogens is 246 g/mol. The first-order chi connectivity index (χ1) is 9.22. The van der Waals surface area contributed by atoms with Crippen molar-refractivity contribution in [1.82, 2.24) is 20.4 Å². The Bertz CT molecular complexity index is 533. The quantitative estimate of drug-likeness (QED) is 0.599. The highest BCUT2D eigenvalue weighted by molar-refractivity contribution is 5.49. The summed E-state index contributed by atoms with van der Waals surface area (Å²) in [7, 11) is 5.01. The summed E-state index contributed by atoms with van der Waals surface area (Å²) >= 11 is 0. The fourth-order valence-corrected chi connectivity index (χ4v) is 2.04. The molecule has 7 nitrogen and oxygen atoms in total. The second-order valence-electron chi connectivity index (χ2n) is 3.96. The van der Waals surface area contributed by atoms with Crippen molar-refractivity contribution >= 4 is 0 Å². The van der Waals surface area contributed by atoms with Gasteiger partial charge in [-0.3, -0.25) is 10.5 Å². The molecule has 0 spiro atoms. The molecule has 0 aliphatic carbocycles. The number of nitrogens with two attached hydrogens (primary N) is 1. The van der Waals surface area contributed by atoms with Gasteiger partial charge in [0.1, 0.15) is 11.5 Å². The van der Waals surface area contributed by atoms with Gasteiger partial charge in [0.15, 0.2) is 0 Å². The lowest BCUT2D eigenvalue weighted by Gasteiger charge is -2.21. The summed E-state index contributed by atoms with van der Waals surface area (Å²) in [6.45, 7) is 0. The molecule has 0 radical (unpaired) electrons. The van der Waals surface area contributed by atoms with Gasteiger partial charge in [0, 0.05) is 7.05 Å². The van der Waals surface area contributed by atoms with Gasteiger partial charge in [0.25, 0.3) is 0 Å². The molecule has 102 valence electrons. The summed E-state index contributed by atoms with van der Waals surface area (Å²) < 4.78 is 12.4. The number of hydrogen-bond donors (Lipinski definition) is 2. The Balaban J connectivity index is 2.57. The monoisotopic (exact) mass is 263 g/mol. The maximum absolute atomic E-state index is 5.68. The van der Waals surface area contributed by atoms with Gasteiger partial charge in [-0.1, -0.05) is 11.3 Å². The van der Waals surface area contributed by atoms with Gasteiger partial charge in [0.2, 0.25) is 0 Å². The number of nitrogens with zero attached hydrogens (tertiary/aromatic N) is 3. The smallest absolute Gasteiger partial charge is 0.127 e. The Morgan fingerprint density at radius 3 is 2.32 bits per heavy atom. The standard InChI is InChI=1S/C12H17N5O2/c1-17-8(7-14-16-17)12(15-13)11-9(18-2)5-4-6-10(11)19-3/h4-7,12,15H,13H2,1-3H3. The first kappa shape index (κ1) is 13.3. The number of hydrogen-bond acceptors (Lipinski definition) is 6. The molecule has 2 aromatic rings. The molecule has 1 heterocycles. The molecule has 1 aromatic heterocycles. The molecule has 0 bridgehead atoms. The van der Waals surface area contributed by atoms with Gasteiger partial charge < -0.3 is 9.47 Å². The Morgan fingerprint density at radius 1 is 1.26 bits per heavy atom. The maximum Gasteiger partial charge on any atom is 0.127 e. The van der Waals surface area contributed by atoms with E-state index in [1.165, 1.54) is 0 Å². The molecule has 0 saturated carbocycles. The van der Waals surface area contributed by atoms with E-state index in [2.05, 4.69) is 15.7 Å². The van der Waals surface area contributed by atoms with Crippen LogP contribution in [0.1, 0.15) is 17.3 Å². The van der Waals surface area contributed by atoms with Crippen LogP contribution in [-0.4, -0.2) is 29.2 Å². The third-order valence-corrected chi connectivity index (χ3v) is 2.97. The Labute approximate surface area is 111 Å². The van der Waals surface area contributed by atoms with E-state index < -0.39 is 0 Å². The van der Waals surface area contributed by atoms with Crippen molar-refractivity contribution in [2.75, 3.05) is 14.2 Å². The SMILES string of the molecule is COc1cccc(OC)c1C(NN)c1cnnn1C. The number of aryl methyl sites for hydroxylation is 1. The van der Waals surface area contributed by atoms with E-state index in [-0.39, 0.29) is 6.04 Å². The highest BCUT2D eigenvalue weighted by atomic mass is 16.5. The number of nitrogens with one attached hydrogen (secondary N) is 1. The molecular formula is C12H17N5O2. The normalized spacial score (nSPS) is 12.2. The van der Waals surface area contributed by atoms with E-state index in [0.717, 1.165) is 11.3 Å². The van der Waals surface area contributed by atoms with E-state index >= 15 is 0 Å². The summed E-state index contributed by atoms with van der Waals surface area (Å²) in [5, 5.41) is 7.77. The predicted octanol–water partition coefficient (Wildman–Crippen LogP) is 0.385. The minimum atomic E-state index is -0.328. The molecule has 0 saturated heterocycles. The van der Waals surface area contributed by atoms with Crippen molar-refractivity contribution in [2.45, 2.75) is 6.04 Å². The fourth-order valence-electron chi connectivity index (χ4n) is 2.04. The van der Waals surface area contributed by atoms with Crippen molar-refractivity contribution in [3.05, 3.63) is 35.7 Å². The van der Waals surface area contributed by atoms with Crippen molar-refractivity contribution < 1.29 is 9.47 Å². The van der Waals surface area contributed by atoms with Crippen molar-refractivity contribution in [2.24, 2.45) is 12.9 Å². The summed E-state index contributed by atoms with van der Waals surface area (Å²) in [4.78, 5) is 0. The highest BCUT2D eigenvalue weighted by Crippen LogP contribution is 2.36. The Morgan fingerprint density at radius 2 is 1.89 bits per heavy atom. The molecule has 1 unspecified atom stereocenters. The van der Waals surface area contributed by atoms with Crippen LogP contribution >= 0.6 is 0 Å². The third-order valence-electron chi connectivity index (χ3n) is 2.97. The van der Waals surface area contributed by atoms with E-state index in [1.807, 2.05) is 18.2 Å². The second kappa shape index (κ2) is 5.68. The number of ether oxygens (including phenoxy) is 2. The predicted molar refractivity (Wildman–Crippen MR) is 69.7 cm³/mol. The molecule has 19 heavy (non-hydrogen) atoms. The number of methoxy groups -OCH3 is 2. The van der Waals surface area contributed by atoms with Gasteiger partial charge >= 0.3 is 0 Å². The van der Waals surface area contributed by atoms with Crippen molar-refractivity contribution in [3.8, 4) is 11.5 Å². The molecule has 1 aromatic carbocycles. The van der Waals surface area contributed by atoms with Crippen LogP contribution in [-0.2, 0) is 7.05 Å². The summed E-state index contributed by atoms with van der Waals surface area (Å²) in [6, 6.07) is 5.24. The molecule has 1 atom stereocenters. The molecule has 0 amide bonds. The minimum absolute atomic E-state index is 0.328.